The van der Waals surface area contributed by atoms with E-state index in [1.807, 2.05) is 47.4 Å². The van der Waals surface area contributed by atoms with Gasteiger partial charge in [-0.1, -0.05) is 48.2 Å². The van der Waals surface area contributed by atoms with Crippen LogP contribution in [0.15, 0.2) is 53.7 Å². The second-order valence-electron chi connectivity index (χ2n) is 6.70. The molecule has 0 spiro atoms. The van der Waals surface area contributed by atoms with E-state index < -0.39 is 0 Å². The van der Waals surface area contributed by atoms with Crippen LogP contribution in [0.2, 0.25) is 0 Å². The zero-order chi connectivity index (χ0) is 18.4. The van der Waals surface area contributed by atoms with Crippen molar-refractivity contribution < 1.29 is 4.79 Å². The summed E-state index contributed by atoms with van der Waals surface area (Å²) < 4.78 is 0. The number of rotatable bonds is 3. The van der Waals surface area contributed by atoms with Gasteiger partial charge in [-0.3, -0.25) is 4.79 Å². The number of anilines is 1. The Balaban J connectivity index is 1.37. The van der Waals surface area contributed by atoms with Gasteiger partial charge in [-0.2, -0.15) is 0 Å². The standard InChI is InChI=1S/C20H17N5OS/c1-12-10-13-6-2-5-9-16(13)25(12)17(26)11-27-20-22-19-18(23-24-20)14-7-3-4-8-15(14)21-19/h2-9,12H,10-11H2,1H3,(H,21,22,24)/t12-/m1/s1. The van der Waals surface area contributed by atoms with E-state index in [2.05, 4.69) is 33.2 Å². The number of hydrogen-bond acceptors (Lipinski definition) is 5. The summed E-state index contributed by atoms with van der Waals surface area (Å²) in [6.07, 6.45) is 0.895. The summed E-state index contributed by atoms with van der Waals surface area (Å²) in [6, 6.07) is 16.2. The number of hydrogen-bond donors (Lipinski definition) is 1. The first-order valence-electron chi connectivity index (χ1n) is 8.84. The third kappa shape index (κ3) is 2.75. The maximum Gasteiger partial charge on any atom is 0.237 e. The van der Waals surface area contributed by atoms with Crippen molar-refractivity contribution in [2.75, 3.05) is 10.7 Å². The molecule has 0 fully saturated rings. The molecule has 2 aromatic heterocycles. The van der Waals surface area contributed by atoms with Gasteiger partial charge in [0.05, 0.1) is 5.75 Å². The van der Waals surface area contributed by atoms with Crippen molar-refractivity contribution in [3.05, 3.63) is 54.1 Å². The van der Waals surface area contributed by atoms with Gasteiger partial charge in [-0.25, -0.2) is 4.98 Å². The Kier molecular flexibility index (Phi) is 3.82. The van der Waals surface area contributed by atoms with Gasteiger partial charge in [0.1, 0.15) is 5.52 Å². The molecule has 4 aromatic rings. The van der Waals surface area contributed by atoms with Gasteiger partial charge < -0.3 is 9.88 Å². The molecule has 0 aliphatic carbocycles. The van der Waals surface area contributed by atoms with Crippen molar-refractivity contribution in [2.45, 2.75) is 24.5 Å². The first-order chi connectivity index (χ1) is 13.2. The van der Waals surface area contributed by atoms with Gasteiger partial charge in [0.25, 0.3) is 0 Å². The van der Waals surface area contributed by atoms with E-state index in [1.165, 1.54) is 17.3 Å². The van der Waals surface area contributed by atoms with Crippen LogP contribution in [0.25, 0.3) is 22.1 Å². The number of benzene rings is 2. The van der Waals surface area contributed by atoms with E-state index in [0.29, 0.717) is 10.8 Å². The quantitative estimate of drug-likeness (QED) is 0.554. The third-order valence-electron chi connectivity index (χ3n) is 4.90. The molecule has 0 radical (unpaired) electrons. The Labute approximate surface area is 160 Å². The molecule has 1 atom stereocenters. The average Bonchev–Trinajstić information content (AvgIpc) is 3.22. The molecule has 0 saturated carbocycles. The van der Waals surface area contributed by atoms with Crippen LogP contribution in [-0.4, -0.2) is 37.9 Å². The Morgan fingerprint density at radius 2 is 2.00 bits per heavy atom. The Morgan fingerprint density at radius 3 is 2.93 bits per heavy atom. The zero-order valence-corrected chi connectivity index (χ0v) is 15.5. The third-order valence-corrected chi connectivity index (χ3v) is 5.73. The number of H-pyrrole nitrogens is 1. The highest BCUT2D eigenvalue weighted by molar-refractivity contribution is 7.99. The number of para-hydroxylation sites is 2. The number of thioether (sulfide) groups is 1. The molecule has 0 unspecified atom stereocenters. The molecule has 0 saturated heterocycles. The minimum absolute atomic E-state index is 0.0674. The van der Waals surface area contributed by atoms with Gasteiger partial charge in [-0.15, -0.1) is 10.2 Å². The van der Waals surface area contributed by atoms with Crippen molar-refractivity contribution in [3.8, 4) is 0 Å². The van der Waals surface area contributed by atoms with Crippen LogP contribution in [0.1, 0.15) is 12.5 Å². The minimum atomic E-state index is 0.0674. The first-order valence-corrected chi connectivity index (χ1v) is 9.83. The summed E-state index contributed by atoms with van der Waals surface area (Å²) in [5.41, 5.74) is 4.67. The van der Waals surface area contributed by atoms with Gasteiger partial charge in [0.15, 0.2) is 5.65 Å². The molecule has 134 valence electrons. The molecular formula is C20H17N5OS. The lowest BCUT2D eigenvalue weighted by Gasteiger charge is -2.22. The summed E-state index contributed by atoms with van der Waals surface area (Å²) >= 11 is 1.32. The van der Waals surface area contributed by atoms with Crippen LogP contribution in [-0.2, 0) is 11.2 Å². The van der Waals surface area contributed by atoms with Crippen LogP contribution in [0.5, 0.6) is 0 Å². The Hall–Kier alpha value is -2.93. The monoisotopic (exact) mass is 375 g/mol. The lowest BCUT2D eigenvalue weighted by atomic mass is 10.1. The van der Waals surface area contributed by atoms with E-state index in [4.69, 9.17) is 0 Å². The number of amides is 1. The van der Waals surface area contributed by atoms with Gasteiger partial charge in [-0.05, 0) is 31.0 Å². The molecule has 27 heavy (non-hydrogen) atoms. The molecule has 1 N–H and O–H groups in total. The summed E-state index contributed by atoms with van der Waals surface area (Å²) in [5.74, 6) is 0.351. The summed E-state index contributed by atoms with van der Waals surface area (Å²) in [4.78, 5) is 22.5. The molecule has 7 heteroatoms. The second-order valence-corrected chi connectivity index (χ2v) is 7.64. The van der Waals surface area contributed by atoms with E-state index in [1.54, 1.807) is 0 Å². The largest absolute Gasteiger partial charge is 0.338 e. The fourth-order valence-corrected chi connectivity index (χ4v) is 4.35. The van der Waals surface area contributed by atoms with E-state index in [9.17, 15) is 4.79 Å². The van der Waals surface area contributed by atoms with Crippen LogP contribution < -0.4 is 4.90 Å². The van der Waals surface area contributed by atoms with E-state index in [-0.39, 0.29) is 17.7 Å². The number of nitrogens with one attached hydrogen (secondary N) is 1. The normalized spacial score (nSPS) is 16.2. The predicted octanol–water partition coefficient (Wildman–Crippen LogP) is 3.58. The molecule has 5 rings (SSSR count). The lowest BCUT2D eigenvalue weighted by molar-refractivity contribution is -0.116. The van der Waals surface area contributed by atoms with Crippen LogP contribution in [0.4, 0.5) is 5.69 Å². The fourth-order valence-electron chi connectivity index (χ4n) is 3.71. The van der Waals surface area contributed by atoms with E-state index >= 15 is 0 Å². The molecule has 0 bridgehead atoms. The second kappa shape index (κ2) is 6.35. The van der Waals surface area contributed by atoms with Crippen molar-refractivity contribution in [3.63, 3.8) is 0 Å². The molecule has 1 aliphatic heterocycles. The van der Waals surface area contributed by atoms with Crippen molar-refractivity contribution >= 4 is 45.4 Å². The highest BCUT2D eigenvalue weighted by atomic mass is 32.2. The summed E-state index contributed by atoms with van der Waals surface area (Å²) in [5, 5.41) is 10.0. The lowest BCUT2D eigenvalue weighted by Crippen LogP contribution is -2.37. The summed E-state index contributed by atoms with van der Waals surface area (Å²) in [6.45, 7) is 2.08. The zero-order valence-electron chi connectivity index (χ0n) is 14.7. The molecular weight excluding hydrogens is 358 g/mol. The molecule has 3 heterocycles. The number of fused-ring (bicyclic) bond motifs is 4. The highest BCUT2D eigenvalue weighted by Crippen LogP contribution is 2.32. The molecule has 1 amide bonds. The number of nitrogens with zero attached hydrogens (tertiary/aromatic N) is 4. The Morgan fingerprint density at radius 1 is 1.19 bits per heavy atom. The van der Waals surface area contributed by atoms with Crippen LogP contribution in [0.3, 0.4) is 0 Å². The van der Waals surface area contributed by atoms with Crippen molar-refractivity contribution in [2.24, 2.45) is 0 Å². The highest BCUT2D eigenvalue weighted by Gasteiger charge is 2.30. The van der Waals surface area contributed by atoms with Crippen molar-refractivity contribution in [1.82, 2.24) is 20.2 Å². The van der Waals surface area contributed by atoms with Crippen LogP contribution >= 0.6 is 11.8 Å². The van der Waals surface area contributed by atoms with E-state index in [0.717, 1.165) is 28.5 Å². The van der Waals surface area contributed by atoms with Gasteiger partial charge in [0.2, 0.25) is 11.1 Å². The summed E-state index contributed by atoms with van der Waals surface area (Å²) in [7, 11) is 0. The SMILES string of the molecule is C[C@@H]1Cc2ccccc2N1C(=O)CSc1nnc2c(n1)[nH]c1ccccc12. The maximum atomic E-state index is 12.8. The minimum Gasteiger partial charge on any atom is -0.338 e. The number of carbonyl (C=O) groups excluding carboxylic acids is 1. The van der Waals surface area contributed by atoms with Crippen LogP contribution in [0, 0.1) is 0 Å². The average molecular weight is 375 g/mol. The predicted molar refractivity (Wildman–Crippen MR) is 107 cm³/mol. The topological polar surface area (TPSA) is 74.8 Å². The number of aromatic nitrogens is 4. The Bertz CT molecular complexity index is 1170. The maximum absolute atomic E-state index is 12.8. The van der Waals surface area contributed by atoms with Gasteiger partial charge in [0, 0.05) is 22.6 Å². The van der Waals surface area contributed by atoms with Gasteiger partial charge >= 0.3 is 0 Å². The number of aromatic amines is 1. The fraction of sp³-hybridized carbons (Fsp3) is 0.200. The molecule has 6 nitrogen and oxygen atoms in total. The first kappa shape index (κ1) is 16.3. The molecule has 1 aliphatic rings. The number of carbonyl (C=O) groups is 1. The molecule has 2 aromatic carbocycles. The van der Waals surface area contributed by atoms with Crippen molar-refractivity contribution in [1.29, 1.82) is 0 Å². The smallest absolute Gasteiger partial charge is 0.237 e.